The van der Waals surface area contributed by atoms with Gasteiger partial charge in [0, 0.05) is 44.3 Å². The summed E-state index contributed by atoms with van der Waals surface area (Å²) in [5.41, 5.74) is 13.3. The molecule has 0 aliphatic heterocycles. The van der Waals surface area contributed by atoms with Crippen LogP contribution in [0.25, 0.3) is 71.7 Å². The van der Waals surface area contributed by atoms with Crippen LogP contribution in [0.3, 0.4) is 0 Å². The van der Waals surface area contributed by atoms with E-state index in [4.69, 9.17) is 4.42 Å². The molecule has 0 amide bonds. The molecular formula is C48H32N2O. The Hall–Kier alpha value is -6.84. The van der Waals surface area contributed by atoms with Gasteiger partial charge in [-0.15, -0.1) is 0 Å². The fourth-order valence-electron chi connectivity index (χ4n) is 7.64. The second-order valence-corrected chi connectivity index (χ2v) is 13.0. The maximum atomic E-state index is 6.22. The Balaban J connectivity index is 1.14. The van der Waals surface area contributed by atoms with Gasteiger partial charge in [-0.3, -0.25) is 0 Å². The van der Waals surface area contributed by atoms with Gasteiger partial charge in [0.2, 0.25) is 0 Å². The predicted molar refractivity (Wildman–Crippen MR) is 214 cm³/mol. The van der Waals surface area contributed by atoms with Crippen LogP contribution in [-0.2, 0) is 0 Å². The van der Waals surface area contributed by atoms with E-state index in [1.807, 2.05) is 12.1 Å². The molecule has 0 fully saturated rings. The molecule has 2 aromatic heterocycles. The van der Waals surface area contributed by atoms with Gasteiger partial charge in [-0.2, -0.15) is 0 Å². The molecule has 3 heteroatoms. The summed E-state index contributed by atoms with van der Waals surface area (Å²) in [4.78, 5) is 2.36. The number of aromatic nitrogens is 1. The molecule has 3 nitrogen and oxygen atoms in total. The van der Waals surface area contributed by atoms with Crippen LogP contribution in [0.2, 0.25) is 0 Å². The highest BCUT2D eigenvalue weighted by Crippen LogP contribution is 2.42. The number of benzene rings is 8. The number of furan rings is 1. The van der Waals surface area contributed by atoms with Gasteiger partial charge in [0.1, 0.15) is 11.2 Å². The summed E-state index contributed by atoms with van der Waals surface area (Å²) >= 11 is 0. The van der Waals surface area contributed by atoms with Crippen LogP contribution in [0.15, 0.2) is 199 Å². The lowest BCUT2D eigenvalue weighted by molar-refractivity contribution is 0.669. The average molecular weight is 653 g/mol. The van der Waals surface area contributed by atoms with Crippen molar-refractivity contribution in [3.8, 4) is 27.9 Å². The molecule has 0 N–H and O–H groups in total. The first kappa shape index (κ1) is 29.1. The van der Waals surface area contributed by atoms with E-state index in [1.165, 1.54) is 32.9 Å². The van der Waals surface area contributed by atoms with Crippen molar-refractivity contribution in [3.63, 3.8) is 0 Å². The highest BCUT2D eigenvalue weighted by molar-refractivity contribution is 6.13. The monoisotopic (exact) mass is 652 g/mol. The molecule has 0 aliphatic carbocycles. The minimum atomic E-state index is 0.903. The second kappa shape index (κ2) is 11.9. The van der Waals surface area contributed by atoms with E-state index < -0.39 is 0 Å². The topological polar surface area (TPSA) is 21.3 Å². The van der Waals surface area contributed by atoms with Crippen LogP contribution < -0.4 is 4.90 Å². The Morgan fingerprint density at radius 2 is 0.941 bits per heavy atom. The zero-order valence-corrected chi connectivity index (χ0v) is 27.8. The van der Waals surface area contributed by atoms with E-state index >= 15 is 0 Å². The van der Waals surface area contributed by atoms with Gasteiger partial charge in [-0.05, 0) is 89.0 Å². The number of fused-ring (bicyclic) bond motifs is 6. The molecular weight excluding hydrogens is 621 g/mol. The van der Waals surface area contributed by atoms with E-state index in [-0.39, 0.29) is 0 Å². The van der Waals surface area contributed by atoms with E-state index in [1.54, 1.807) is 0 Å². The maximum absolute atomic E-state index is 6.22. The summed E-state index contributed by atoms with van der Waals surface area (Å²) < 4.78 is 8.60. The molecule has 0 atom stereocenters. The fourth-order valence-corrected chi connectivity index (χ4v) is 7.64. The fraction of sp³-hybridized carbons (Fsp3) is 0. The Morgan fingerprint density at radius 3 is 1.71 bits per heavy atom. The van der Waals surface area contributed by atoms with Gasteiger partial charge >= 0.3 is 0 Å². The van der Waals surface area contributed by atoms with Gasteiger partial charge in [0.05, 0.1) is 11.0 Å². The zero-order valence-electron chi connectivity index (χ0n) is 27.8. The summed E-state index contributed by atoms with van der Waals surface area (Å²) in [7, 11) is 0. The molecule has 8 aromatic carbocycles. The van der Waals surface area contributed by atoms with Gasteiger partial charge < -0.3 is 13.9 Å². The quantitative estimate of drug-likeness (QED) is 0.178. The van der Waals surface area contributed by atoms with Gasteiger partial charge in [0.25, 0.3) is 0 Å². The first-order valence-electron chi connectivity index (χ1n) is 17.4. The van der Waals surface area contributed by atoms with Crippen LogP contribution in [0, 0.1) is 0 Å². The summed E-state index contributed by atoms with van der Waals surface area (Å²) in [6.45, 7) is 0. The third-order valence-corrected chi connectivity index (χ3v) is 10.0. The van der Waals surface area contributed by atoms with Gasteiger partial charge in [-0.1, -0.05) is 127 Å². The standard InChI is InChI=1S/C48H32N2O/c1-3-12-33(13-4-1)34-22-26-37(27-23-34)49(38-28-24-35(25-29-38)40-18-11-21-47-48(40)43-17-8-10-20-46(43)51-47)39-30-31-42-41-16-7-9-19-44(41)50(45(42)32-39)36-14-5-2-6-15-36/h1-32H. The summed E-state index contributed by atoms with van der Waals surface area (Å²) in [5.74, 6) is 0. The molecule has 10 aromatic rings. The zero-order chi connectivity index (χ0) is 33.7. The number of para-hydroxylation sites is 3. The summed E-state index contributed by atoms with van der Waals surface area (Å²) in [6.07, 6.45) is 0. The van der Waals surface area contributed by atoms with Crippen LogP contribution in [-0.4, -0.2) is 4.57 Å². The normalized spacial score (nSPS) is 11.5. The van der Waals surface area contributed by atoms with Gasteiger partial charge in [-0.25, -0.2) is 0 Å². The van der Waals surface area contributed by atoms with Crippen molar-refractivity contribution in [1.82, 2.24) is 4.57 Å². The number of nitrogens with zero attached hydrogens (tertiary/aromatic N) is 2. The lowest BCUT2D eigenvalue weighted by atomic mass is 9.99. The van der Waals surface area contributed by atoms with Crippen molar-refractivity contribution in [2.75, 3.05) is 4.90 Å². The molecule has 0 aliphatic rings. The van der Waals surface area contributed by atoms with Crippen LogP contribution in [0.1, 0.15) is 0 Å². The highest BCUT2D eigenvalue weighted by atomic mass is 16.3. The molecule has 10 rings (SSSR count). The van der Waals surface area contributed by atoms with Crippen LogP contribution in [0.4, 0.5) is 17.1 Å². The van der Waals surface area contributed by atoms with E-state index in [0.717, 1.165) is 55.8 Å². The van der Waals surface area contributed by atoms with E-state index in [2.05, 4.69) is 191 Å². The predicted octanol–water partition coefficient (Wildman–Crippen LogP) is 13.5. The lowest BCUT2D eigenvalue weighted by Gasteiger charge is -2.26. The van der Waals surface area contributed by atoms with Crippen LogP contribution >= 0.6 is 0 Å². The molecule has 0 bridgehead atoms. The first-order chi connectivity index (χ1) is 25.3. The van der Waals surface area contributed by atoms with Crippen molar-refractivity contribution in [2.24, 2.45) is 0 Å². The number of hydrogen-bond acceptors (Lipinski definition) is 2. The van der Waals surface area contributed by atoms with E-state index in [0.29, 0.717) is 0 Å². The third-order valence-electron chi connectivity index (χ3n) is 10.0. The molecule has 0 unspecified atom stereocenters. The largest absolute Gasteiger partial charge is 0.456 e. The van der Waals surface area contributed by atoms with Crippen molar-refractivity contribution < 1.29 is 4.42 Å². The van der Waals surface area contributed by atoms with Gasteiger partial charge in [0.15, 0.2) is 0 Å². The molecule has 51 heavy (non-hydrogen) atoms. The Labute approximate surface area is 295 Å². The van der Waals surface area contributed by atoms with Crippen molar-refractivity contribution in [2.45, 2.75) is 0 Å². The molecule has 0 saturated heterocycles. The molecule has 0 saturated carbocycles. The molecule has 2 heterocycles. The van der Waals surface area contributed by atoms with Crippen LogP contribution in [0.5, 0.6) is 0 Å². The second-order valence-electron chi connectivity index (χ2n) is 13.0. The minimum absolute atomic E-state index is 0.903. The Morgan fingerprint density at radius 1 is 0.373 bits per heavy atom. The average Bonchev–Trinajstić information content (AvgIpc) is 3.75. The number of hydrogen-bond donors (Lipinski definition) is 0. The SMILES string of the molecule is c1ccc(-c2ccc(N(c3ccc(-c4cccc5oc6ccccc6c45)cc3)c3ccc4c5ccccc5n(-c5ccccc5)c4c3)cc2)cc1. The molecule has 0 radical (unpaired) electrons. The molecule has 240 valence electrons. The Bertz CT molecular complexity index is 2830. The molecule has 0 spiro atoms. The van der Waals surface area contributed by atoms with Crippen molar-refractivity contribution in [1.29, 1.82) is 0 Å². The summed E-state index contributed by atoms with van der Waals surface area (Å²) in [5, 5.41) is 4.75. The number of rotatable bonds is 6. The lowest BCUT2D eigenvalue weighted by Crippen LogP contribution is -2.10. The third kappa shape index (κ3) is 4.90. The summed E-state index contributed by atoms with van der Waals surface area (Å²) in [6, 6.07) is 69.2. The first-order valence-corrected chi connectivity index (χ1v) is 17.4. The van der Waals surface area contributed by atoms with Crippen molar-refractivity contribution >= 4 is 60.8 Å². The number of anilines is 3. The highest BCUT2D eigenvalue weighted by Gasteiger charge is 2.19. The smallest absolute Gasteiger partial charge is 0.136 e. The van der Waals surface area contributed by atoms with E-state index in [9.17, 15) is 0 Å². The Kier molecular flexibility index (Phi) is 6.81. The maximum Gasteiger partial charge on any atom is 0.136 e. The van der Waals surface area contributed by atoms with Crippen molar-refractivity contribution in [3.05, 3.63) is 194 Å². The minimum Gasteiger partial charge on any atom is -0.456 e.